The number of allylic oxidation sites excluding steroid dienone is 1. The van der Waals surface area contributed by atoms with Gasteiger partial charge in [-0.1, -0.05) is 13.0 Å². The van der Waals surface area contributed by atoms with Crippen molar-refractivity contribution in [2.24, 2.45) is 0 Å². The summed E-state index contributed by atoms with van der Waals surface area (Å²) in [6.45, 7) is 6.06. The molecule has 0 aromatic carbocycles. The molecular weight excluding hydrogens is 292 g/mol. The quantitative estimate of drug-likeness (QED) is 0.303. The summed E-state index contributed by atoms with van der Waals surface area (Å²) in [5.74, 6) is -1.25. The molecule has 0 bridgehead atoms. The van der Waals surface area contributed by atoms with E-state index in [0.717, 1.165) is 43.7 Å². The number of carboxylic acid groups (broad SMARTS) is 2. The van der Waals surface area contributed by atoms with Crippen molar-refractivity contribution in [3.05, 3.63) is 12.3 Å². The van der Waals surface area contributed by atoms with Gasteiger partial charge in [-0.05, 0) is 31.9 Å². The highest BCUT2D eigenvalue weighted by Gasteiger charge is 2.19. The SMILES string of the molecule is C=C(CCS)NCCCCC(C)N(CC(=O)O)CC(=O)O. The Morgan fingerprint density at radius 1 is 1.24 bits per heavy atom. The Labute approximate surface area is 131 Å². The topological polar surface area (TPSA) is 89.9 Å². The third kappa shape index (κ3) is 11.2. The summed E-state index contributed by atoms with van der Waals surface area (Å²) in [5, 5.41) is 20.8. The molecule has 1 unspecified atom stereocenters. The summed E-state index contributed by atoms with van der Waals surface area (Å²) in [7, 11) is 0. The van der Waals surface area contributed by atoms with E-state index in [2.05, 4.69) is 24.5 Å². The predicted molar refractivity (Wildman–Crippen MR) is 85.8 cm³/mol. The molecule has 1 atom stereocenters. The highest BCUT2D eigenvalue weighted by Crippen LogP contribution is 2.08. The van der Waals surface area contributed by atoms with E-state index in [9.17, 15) is 9.59 Å². The second-order valence-electron chi connectivity index (χ2n) is 5.04. The zero-order valence-electron chi connectivity index (χ0n) is 12.5. The number of carbonyl (C=O) groups is 2. The number of rotatable bonds is 13. The fourth-order valence-electron chi connectivity index (χ4n) is 1.95. The second kappa shape index (κ2) is 11.4. The molecule has 7 heteroatoms. The first kappa shape index (κ1) is 19.8. The van der Waals surface area contributed by atoms with E-state index in [1.54, 1.807) is 0 Å². The summed E-state index contributed by atoms with van der Waals surface area (Å²) in [6.07, 6.45) is 3.44. The molecule has 6 nitrogen and oxygen atoms in total. The van der Waals surface area contributed by atoms with E-state index in [-0.39, 0.29) is 19.1 Å². The number of carboxylic acids is 2. The highest BCUT2D eigenvalue weighted by molar-refractivity contribution is 7.80. The fraction of sp³-hybridized carbons (Fsp3) is 0.714. The van der Waals surface area contributed by atoms with Crippen molar-refractivity contribution >= 4 is 24.6 Å². The molecule has 0 saturated heterocycles. The standard InChI is InChI=1S/C14H26N2O4S/c1-11(6-8-21)15-7-4-3-5-12(2)16(9-13(17)18)10-14(19)20/h12,15,21H,1,3-10H2,2H3,(H,17,18)(H,19,20). The fourth-order valence-corrected chi connectivity index (χ4v) is 2.22. The largest absolute Gasteiger partial charge is 0.480 e. The summed E-state index contributed by atoms with van der Waals surface area (Å²) in [5.41, 5.74) is 0.969. The van der Waals surface area contributed by atoms with Crippen LogP contribution in [0.25, 0.3) is 0 Å². The third-order valence-corrected chi connectivity index (χ3v) is 3.36. The van der Waals surface area contributed by atoms with Gasteiger partial charge in [0.1, 0.15) is 0 Å². The maximum atomic E-state index is 10.7. The Morgan fingerprint density at radius 2 is 1.81 bits per heavy atom. The Morgan fingerprint density at radius 3 is 2.29 bits per heavy atom. The third-order valence-electron chi connectivity index (χ3n) is 3.14. The van der Waals surface area contributed by atoms with Crippen LogP contribution in [0.5, 0.6) is 0 Å². The number of aliphatic carboxylic acids is 2. The number of unbranched alkanes of at least 4 members (excludes halogenated alkanes) is 1. The Kier molecular flexibility index (Phi) is 10.8. The van der Waals surface area contributed by atoms with Crippen molar-refractivity contribution in [2.75, 3.05) is 25.4 Å². The van der Waals surface area contributed by atoms with Crippen LogP contribution in [-0.2, 0) is 9.59 Å². The van der Waals surface area contributed by atoms with Gasteiger partial charge in [-0.15, -0.1) is 0 Å². The molecule has 0 aliphatic heterocycles. The average Bonchev–Trinajstić information content (AvgIpc) is 2.36. The summed E-state index contributed by atoms with van der Waals surface area (Å²) in [6, 6.07) is -0.0714. The first-order valence-corrected chi connectivity index (χ1v) is 7.70. The average molecular weight is 318 g/mol. The van der Waals surface area contributed by atoms with Crippen molar-refractivity contribution in [3.8, 4) is 0 Å². The summed E-state index contributed by atoms with van der Waals surface area (Å²) < 4.78 is 0. The summed E-state index contributed by atoms with van der Waals surface area (Å²) in [4.78, 5) is 23.0. The Hall–Kier alpha value is -1.21. The molecule has 0 heterocycles. The normalized spacial score (nSPS) is 12.1. The maximum absolute atomic E-state index is 10.7. The molecule has 3 N–H and O–H groups in total. The summed E-state index contributed by atoms with van der Waals surface area (Å²) >= 11 is 4.12. The minimum Gasteiger partial charge on any atom is -0.480 e. The lowest BCUT2D eigenvalue weighted by Crippen LogP contribution is -2.40. The van der Waals surface area contributed by atoms with Gasteiger partial charge in [-0.3, -0.25) is 14.5 Å². The van der Waals surface area contributed by atoms with E-state index in [1.165, 1.54) is 4.90 Å². The molecule has 0 aromatic heterocycles. The van der Waals surface area contributed by atoms with Gasteiger partial charge in [0.25, 0.3) is 0 Å². The van der Waals surface area contributed by atoms with Gasteiger partial charge in [-0.25, -0.2) is 0 Å². The van der Waals surface area contributed by atoms with Crippen LogP contribution in [0.4, 0.5) is 0 Å². The van der Waals surface area contributed by atoms with Gasteiger partial charge < -0.3 is 15.5 Å². The van der Waals surface area contributed by atoms with Crippen molar-refractivity contribution in [1.29, 1.82) is 0 Å². The van der Waals surface area contributed by atoms with Crippen molar-refractivity contribution in [2.45, 2.75) is 38.6 Å². The Balaban J connectivity index is 3.96. The molecular formula is C14H26N2O4S. The number of thiol groups is 1. The van der Waals surface area contributed by atoms with Crippen molar-refractivity contribution in [3.63, 3.8) is 0 Å². The van der Waals surface area contributed by atoms with Crippen LogP contribution < -0.4 is 5.32 Å². The number of nitrogens with one attached hydrogen (secondary N) is 1. The van der Waals surface area contributed by atoms with Crippen molar-refractivity contribution < 1.29 is 19.8 Å². The molecule has 0 fully saturated rings. The maximum Gasteiger partial charge on any atom is 0.317 e. The molecule has 0 spiro atoms. The first-order valence-electron chi connectivity index (χ1n) is 7.07. The number of nitrogens with zero attached hydrogens (tertiary/aromatic N) is 1. The highest BCUT2D eigenvalue weighted by atomic mass is 32.1. The van der Waals surface area contributed by atoms with Gasteiger partial charge in [0.2, 0.25) is 0 Å². The molecule has 0 aromatic rings. The lowest BCUT2D eigenvalue weighted by atomic mass is 10.1. The molecule has 0 aliphatic rings. The minimum atomic E-state index is -1.01. The monoisotopic (exact) mass is 318 g/mol. The van der Waals surface area contributed by atoms with Crippen LogP contribution in [-0.4, -0.2) is 58.5 Å². The van der Waals surface area contributed by atoms with Gasteiger partial charge in [-0.2, -0.15) is 12.6 Å². The zero-order valence-corrected chi connectivity index (χ0v) is 13.4. The number of hydrogen-bond acceptors (Lipinski definition) is 5. The van der Waals surface area contributed by atoms with Gasteiger partial charge in [0.05, 0.1) is 13.1 Å². The Bertz CT molecular complexity index is 334. The van der Waals surface area contributed by atoms with E-state index >= 15 is 0 Å². The smallest absolute Gasteiger partial charge is 0.317 e. The van der Waals surface area contributed by atoms with E-state index < -0.39 is 11.9 Å². The number of hydrogen-bond donors (Lipinski definition) is 4. The predicted octanol–water partition coefficient (Wildman–Crippen LogP) is 1.44. The van der Waals surface area contributed by atoms with Gasteiger partial charge in [0, 0.05) is 18.3 Å². The molecule has 0 amide bonds. The van der Waals surface area contributed by atoms with E-state index in [1.807, 2.05) is 6.92 Å². The minimum absolute atomic E-state index is 0.0714. The molecule has 0 aliphatic carbocycles. The van der Waals surface area contributed by atoms with Crippen LogP contribution in [0.1, 0.15) is 32.6 Å². The van der Waals surface area contributed by atoms with Crippen LogP contribution in [0.15, 0.2) is 12.3 Å². The lowest BCUT2D eigenvalue weighted by Gasteiger charge is -2.25. The van der Waals surface area contributed by atoms with Crippen LogP contribution in [0, 0.1) is 0 Å². The molecule has 0 saturated carbocycles. The van der Waals surface area contributed by atoms with Crippen molar-refractivity contribution in [1.82, 2.24) is 10.2 Å². The molecule has 122 valence electrons. The lowest BCUT2D eigenvalue weighted by molar-refractivity contribution is -0.142. The van der Waals surface area contributed by atoms with Crippen LogP contribution in [0.2, 0.25) is 0 Å². The molecule has 0 radical (unpaired) electrons. The van der Waals surface area contributed by atoms with Crippen LogP contribution >= 0.6 is 12.6 Å². The second-order valence-corrected chi connectivity index (χ2v) is 5.49. The molecule has 21 heavy (non-hydrogen) atoms. The van der Waals surface area contributed by atoms with E-state index in [4.69, 9.17) is 10.2 Å². The first-order chi connectivity index (χ1) is 9.86. The molecule has 0 rings (SSSR count). The van der Waals surface area contributed by atoms with E-state index in [0.29, 0.717) is 0 Å². The zero-order chi connectivity index (χ0) is 16.3. The van der Waals surface area contributed by atoms with Gasteiger partial charge in [0.15, 0.2) is 0 Å². The van der Waals surface area contributed by atoms with Crippen LogP contribution in [0.3, 0.4) is 0 Å². The van der Waals surface area contributed by atoms with Gasteiger partial charge >= 0.3 is 11.9 Å².